The number of carbonyl (C=O) groups excluding carboxylic acids is 2. The van der Waals surface area contributed by atoms with Crippen molar-refractivity contribution in [1.29, 1.82) is 0 Å². The largest absolute Gasteiger partial charge is 0.350 e. The van der Waals surface area contributed by atoms with Gasteiger partial charge in [-0.25, -0.2) is 4.98 Å². The molecule has 6 nitrogen and oxygen atoms in total. The van der Waals surface area contributed by atoms with E-state index in [-0.39, 0.29) is 23.9 Å². The second-order valence-electron chi connectivity index (χ2n) is 8.02. The molecular formula is C22H25ClN4O2. The number of carbonyl (C=O) groups is 2. The predicted molar refractivity (Wildman–Crippen MR) is 115 cm³/mol. The Hall–Kier alpha value is -2.86. The Kier molecular flexibility index (Phi) is 5.94. The van der Waals surface area contributed by atoms with Crippen LogP contribution in [0.2, 0.25) is 5.02 Å². The van der Waals surface area contributed by atoms with E-state index in [2.05, 4.69) is 15.6 Å². The van der Waals surface area contributed by atoms with E-state index in [1.165, 1.54) is 0 Å². The van der Waals surface area contributed by atoms with E-state index in [1.807, 2.05) is 56.5 Å². The van der Waals surface area contributed by atoms with E-state index in [0.717, 1.165) is 11.0 Å². The van der Waals surface area contributed by atoms with Crippen LogP contribution in [0.25, 0.3) is 11.0 Å². The Morgan fingerprint density at radius 2 is 1.76 bits per heavy atom. The van der Waals surface area contributed by atoms with Crippen LogP contribution in [0.3, 0.4) is 0 Å². The maximum Gasteiger partial charge on any atom is 0.253 e. The van der Waals surface area contributed by atoms with Crippen LogP contribution < -0.4 is 10.6 Å². The van der Waals surface area contributed by atoms with Crippen molar-refractivity contribution in [3.05, 3.63) is 64.9 Å². The SMILES string of the molecule is CC(NC(=O)c1ccccc1Cl)c1nc2ccccc2n1CC(=O)NC(C)(C)C. The maximum atomic E-state index is 12.7. The van der Waals surface area contributed by atoms with Gasteiger partial charge < -0.3 is 15.2 Å². The number of halogens is 1. The minimum absolute atomic E-state index is 0.111. The summed E-state index contributed by atoms with van der Waals surface area (Å²) in [5.41, 5.74) is 1.67. The van der Waals surface area contributed by atoms with E-state index in [0.29, 0.717) is 16.4 Å². The van der Waals surface area contributed by atoms with Crippen molar-refractivity contribution in [2.24, 2.45) is 0 Å². The summed E-state index contributed by atoms with van der Waals surface area (Å²) in [4.78, 5) is 29.9. The number of amides is 2. The number of imidazole rings is 1. The molecule has 0 bridgehead atoms. The van der Waals surface area contributed by atoms with Gasteiger partial charge in [0.05, 0.1) is 27.7 Å². The smallest absolute Gasteiger partial charge is 0.253 e. The zero-order valence-corrected chi connectivity index (χ0v) is 17.7. The quantitative estimate of drug-likeness (QED) is 0.662. The normalized spacial score (nSPS) is 12.6. The first-order valence-electron chi connectivity index (χ1n) is 9.47. The molecule has 152 valence electrons. The van der Waals surface area contributed by atoms with Crippen LogP contribution in [0, 0.1) is 0 Å². The van der Waals surface area contributed by atoms with Gasteiger partial charge in [0.25, 0.3) is 5.91 Å². The summed E-state index contributed by atoms with van der Waals surface area (Å²) in [5.74, 6) is 0.197. The van der Waals surface area contributed by atoms with Gasteiger partial charge in [0, 0.05) is 5.54 Å². The summed E-state index contributed by atoms with van der Waals surface area (Å²) in [7, 11) is 0. The van der Waals surface area contributed by atoms with Crippen molar-refractivity contribution >= 4 is 34.4 Å². The van der Waals surface area contributed by atoms with Gasteiger partial charge in [-0.1, -0.05) is 35.9 Å². The van der Waals surface area contributed by atoms with Crippen LogP contribution in [-0.2, 0) is 11.3 Å². The van der Waals surface area contributed by atoms with Crippen molar-refractivity contribution in [2.75, 3.05) is 0 Å². The highest BCUT2D eigenvalue weighted by Crippen LogP contribution is 2.22. The molecule has 2 amide bonds. The molecule has 1 atom stereocenters. The number of benzene rings is 2. The van der Waals surface area contributed by atoms with E-state index >= 15 is 0 Å². The van der Waals surface area contributed by atoms with Crippen LogP contribution in [0.4, 0.5) is 0 Å². The van der Waals surface area contributed by atoms with Crippen LogP contribution in [-0.4, -0.2) is 26.9 Å². The molecule has 0 fully saturated rings. The summed E-state index contributed by atoms with van der Waals surface area (Å²) in [6.07, 6.45) is 0. The number of nitrogens with zero attached hydrogens (tertiary/aromatic N) is 2. The number of nitrogens with one attached hydrogen (secondary N) is 2. The van der Waals surface area contributed by atoms with E-state index in [4.69, 9.17) is 11.6 Å². The van der Waals surface area contributed by atoms with Crippen molar-refractivity contribution in [3.63, 3.8) is 0 Å². The first-order chi connectivity index (χ1) is 13.7. The van der Waals surface area contributed by atoms with E-state index in [9.17, 15) is 9.59 Å². The minimum Gasteiger partial charge on any atom is -0.350 e. The molecule has 2 N–H and O–H groups in total. The molecular weight excluding hydrogens is 388 g/mol. The standard InChI is InChI=1S/C22H25ClN4O2/c1-14(24-21(29)15-9-5-6-10-16(15)23)20-25-17-11-7-8-12-18(17)27(20)13-19(28)26-22(2,3)4/h5-12,14H,13H2,1-4H3,(H,24,29)(H,26,28). The average molecular weight is 413 g/mol. The Morgan fingerprint density at radius 3 is 2.45 bits per heavy atom. The fraction of sp³-hybridized carbons (Fsp3) is 0.318. The van der Waals surface area contributed by atoms with Gasteiger partial charge in [-0.3, -0.25) is 9.59 Å². The number of hydrogen-bond acceptors (Lipinski definition) is 3. The number of hydrogen-bond donors (Lipinski definition) is 2. The molecule has 3 rings (SSSR count). The lowest BCUT2D eigenvalue weighted by molar-refractivity contribution is -0.123. The zero-order valence-electron chi connectivity index (χ0n) is 17.0. The Bertz CT molecular complexity index is 1050. The van der Waals surface area contributed by atoms with Crippen LogP contribution in [0.15, 0.2) is 48.5 Å². The molecule has 29 heavy (non-hydrogen) atoms. The van der Waals surface area contributed by atoms with Crippen molar-refractivity contribution < 1.29 is 9.59 Å². The van der Waals surface area contributed by atoms with Gasteiger partial charge in [0.2, 0.25) is 5.91 Å². The third kappa shape index (κ3) is 4.95. The summed E-state index contributed by atoms with van der Waals surface area (Å²) in [6.45, 7) is 7.76. The first kappa shape index (κ1) is 20.9. The fourth-order valence-corrected chi connectivity index (χ4v) is 3.40. The third-order valence-corrected chi connectivity index (χ3v) is 4.68. The molecule has 1 unspecified atom stereocenters. The lowest BCUT2D eigenvalue weighted by atomic mass is 10.1. The highest BCUT2D eigenvalue weighted by molar-refractivity contribution is 6.33. The Morgan fingerprint density at radius 1 is 1.10 bits per heavy atom. The summed E-state index contributed by atoms with van der Waals surface area (Å²) < 4.78 is 1.84. The monoisotopic (exact) mass is 412 g/mol. The first-order valence-corrected chi connectivity index (χ1v) is 9.85. The molecule has 3 aromatic rings. The van der Waals surface area contributed by atoms with Crippen molar-refractivity contribution in [2.45, 2.75) is 45.8 Å². The number of fused-ring (bicyclic) bond motifs is 1. The van der Waals surface area contributed by atoms with Gasteiger partial charge in [-0.05, 0) is 52.0 Å². The van der Waals surface area contributed by atoms with Crippen LogP contribution >= 0.6 is 11.6 Å². The van der Waals surface area contributed by atoms with Crippen LogP contribution in [0.5, 0.6) is 0 Å². The second kappa shape index (κ2) is 8.25. The predicted octanol–water partition coefficient (Wildman–Crippen LogP) is 4.10. The zero-order chi connectivity index (χ0) is 21.2. The molecule has 0 saturated heterocycles. The molecule has 0 aliphatic rings. The van der Waals surface area contributed by atoms with Crippen LogP contribution in [0.1, 0.15) is 49.9 Å². The molecule has 7 heteroatoms. The van der Waals surface area contributed by atoms with E-state index in [1.54, 1.807) is 24.3 Å². The second-order valence-corrected chi connectivity index (χ2v) is 8.43. The van der Waals surface area contributed by atoms with Gasteiger partial charge in [0.1, 0.15) is 12.4 Å². The average Bonchev–Trinajstić information content (AvgIpc) is 2.99. The molecule has 1 aromatic heterocycles. The van der Waals surface area contributed by atoms with Gasteiger partial charge >= 0.3 is 0 Å². The fourth-order valence-electron chi connectivity index (χ4n) is 3.18. The maximum absolute atomic E-state index is 12.7. The molecule has 1 heterocycles. The molecule has 0 saturated carbocycles. The molecule has 0 spiro atoms. The lowest BCUT2D eigenvalue weighted by Gasteiger charge is -2.22. The minimum atomic E-state index is -0.423. The number of para-hydroxylation sites is 2. The summed E-state index contributed by atoms with van der Waals surface area (Å²) in [5, 5.41) is 6.29. The third-order valence-electron chi connectivity index (χ3n) is 4.35. The summed E-state index contributed by atoms with van der Waals surface area (Å²) >= 11 is 6.14. The van der Waals surface area contributed by atoms with Crippen molar-refractivity contribution in [1.82, 2.24) is 20.2 Å². The highest BCUT2D eigenvalue weighted by atomic mass is 35.5. The van der Waals surface area contributed by atoms with Gasteiger partial charge in [-0.15, -0.1) is 0 Å². The molecule has 2 aromatic carbocycles. The highest BCUT2D eigenvalue weighted by Gasteiger charge is 2.22. The van der Waals surface area contributed by atoms with E-state index < -0.39 is 6.04 Å². The number of aromatic nitrogens is 2. The molecule has 0 aliphatic heterocycles. The van der Waals surface area contributed by atoms with Gasteiger partial charge in [-0.2, -0.15) is 0 Å². The molecule has 0 aliphatic carbocycles. The topological polar surface area (TPSA) is 76.0 Å². The Labute approximate surface area is 175 Å². The molecule has 0 radical (unpaired) electrons. The lowest BCUT2D eigenvalue weighted by Crippen LogP contribution is -2.42. The number of rotatable bonds is 5. The Balaban J connectivity index is 1.90. The summed E-state index contributed by atoms with van der Waals surface area (Å²) in [6, 6.07) is 14.1. The van der Waals surface area contributed by atoms with Crippen molar-refractivity contribution in [3.8, 4) is 0 Å². The van der Waals surface area contributed by atoms with Gasteiger partial charge in [0.15, 0.2) is 0 Å².